The van der Waals surface area contributed by atoms with Crippen LogP contribution < -0.4 is 4.74 Å². The Kier molecular flexibility index (Phi) is 2.78. The maximum Gasteiger partial charge on any atom is 0.155 e. The number of benzene rings is 1. The van der Waals surface area contributed by atoms with E-state index in [1.807, 2.05) is 0 Å². The predicted octanol–water partition coefficient (Wildman–Crippen LogP) is 2.18. The highest BCUT2D eigenvalue weighted by molar-refractivity contribution is 6.33. The van der Waals surface area contributed by atoms with E-state index in [1.54, 1.807) is 6.92 Å². The topological polar surface area (TPSA) is 46.5 Å². The Morgan fingerprint density at radius 1 is 1.62 bits per heavy atom. The summed E-state index contributed by atoms with van der Waals surface area (Å²) < 4.78 is 4.95. The minimum Gasteiger partial charge on any atom is -0.507 e. The molecule has 1 rings (SSSR count). The van der Waals surface area contributed by atoms with Crippen molar-refractivity contribution in [1.29, 1.82) is 0 Å². The Hall–Kier alpha value is -1.22. The van der Waals surface area contributed by atoms with E-state index in [9.17, 15) is 9.90 Å². The molecule has 0 saturated carbocycles. The summed E-state index contributed by atoms with van der Waals surface area (Å²) in [6, 6.07) is 1.32. The van der Waals surface area contributed by atoms with E-state index in [2.05, 4.69) is 0 Å². The maximum atomic E-state index is 10.6. The lowest BCUT2D eigenvalue weighted by Gasteiger charge is -2.10. The van der Waals surface area contributed by atoms with Gasteiger partial charge in [-0.2, -0.15) is 0 Å². The summed E-state index contributed by atoms with van der Waals surface area (Å²) in [5.74, 6) is 0.340. The lowest BCUT2D eigenvalue weighted by Crippen LogP contribution is -1.95. The molecule has 3 nitrogen and oxygen atoms in total. The highest BCUT2D eigenvalue weighted by Gasteiger charge is 2.13. The summed E-state index contributed by atoms with van der Waals surface area (Å²) in [6.07, 6.45) is 0.605. The highest BCUT2D eigenvalue weighted by atomic mass is 35.5. The van der Waals surface area contributed by atoms with Gasteiger partial charge < -0.3 is 9.84 Å². The minimum absolute atomic E-state index is 0.0208. The average molecular weight is 201 g/mol. The molecule has 0 spiro atoms. The molecule has 4 heteroatoms. The number of aromatic hydroxyl groups is 1. The van der Waals surface area contributed by atoms with Gasteiger partial charge in [-0.15, -0.1) is 0 Å². The number of carbonyl (C=O) groups is 1. The van der Waals surface area contributed by atoms with E-state index in [-0.39, 0.29) is 16.3 Å². The number of hydrogen-bond donors (Lipinski definition) is 1. The second-order valence-corrected chi connectivity index (χ2v) is 2.97. The van der Waals surface area contributed by atoms with Crippen molar-refractivity contribution < 1.29 is 14.6 Å². The van der Waals surface area contributed by atoms with Gasteiger partial charge >= 0.3 is 0 Å². The van der Waals surface area contributed by atoms with Gasteiger partial charge in [0.1, 0.15) is 11.5 Å². The van der Waals surface area contributed by atoms with E-state index in [0.29, 0.717) is 17.6 Å². The van der Waals surface area contributed by atoms with Crippen molar-refractivity contribution in [2.75, 3.05) is 7.11 Å². The summed E-state index contributed by atoms with van der Waals surface area (Å²) in [4.78, 5) is 10.6. The summed E-state index contributed by atoms with van der Waals surface area (Å²) in [7, 11) is 1.42. The fraction of sp³-hybridized carbons (Fsp3) is 0.222. The summed E-state index contributed by atoms with van der Waals surface area (Å²) in [6.45, 7) is 1.65. The van der Waals surface area contributed by atoms with Gasteiger partial charge in [0, 0.05) is 5.56 Å². The number of hydrogen-bond acceptors (Lipinski definition) is 3. The third-order valence-corrected chi connectivity index (χ3v) is 2.12. The van der Waals surface area contributed by atoms with Crippen LogP contribution in [0.1, 0.15) is 15.9 Å². The second kappa shape index (κ2) is 3.66. The Morgan fingerprint density at radius 2 is 2.23 bits per heavy atom. The van der Waals surface area contributed by atoms with E-state index < -0.39 is 0 Å². The number of methoxy groups -OCH3 is 1. The third kappa shape index (κ3) is 1.60. The standard InChI is InChI=1S/C9H9ClO3/c1-5-8(12)3-7(10)6(4-11)9(5)13-2/h3-4,12H,1-2H3. The summed E-state index contributed by atoms with van der Waals surface area (Å²) in [5.41, 5.74) is 0.772. The van der Waals surface area contributed by atoms with Crippen LogP contribution in [0.3, 0.4) is 0 Å². The molecule has 1 aromatic carbocycles. The molecule has 0 fully saturated rings. The quantitative estimate of drug-likeness (QED) is 0.745. The Morgan fingerprint density at radius 3 is 2.69 bits per heavy atom. The van der Waals surface area contributed by atoms with Crippen LogP contribution in [0, 0.1) is 6.92 Å². The lowest BCUT2D eigenvalue weighted by atomic mass is 10.1. The first kappa shape index (κ1) is 9.86. The van der Waals surface area contributed by atoms with Gasteiger partial charge in [0.15, 0.2) is 6.29 Å². The number of rotatable bonds is 2. The van der Waals surface area contributed by atoms with Crippen LogP contribution in [0.2, 0.25) is 5.02 Å². The molecule has 70 valence electrons. The highest BCUT2D eigenvalue weighted by Crippen LogP contribution is 2.34. The number of ether oxygens (including phenoxy) is 1. The molecule has 0 radical (unpaired) electrons. The van der Waals surface area contributed by atoms with E-state index in [0.717, 1.165) is 0 Å². The smallest absolute Gasteiger partial charge is 0.155 e. The zero-order valence-corrected chi connectivity index (χ0v) is 8.05. The van der Waals surface area contributed by atoms with Crippen LogP contribution >= 0.6 is 11.6 Å². The van der Waals surface area contributed by atoms with Gasteiger partial charge in [0.05, 0.1) is 17.7 Å². The summed E-state index contributed by atoms with van der Waals surface area (Å²) >= 11 is 5.71. The first-order valence-corrected chi connectivity index (χ1v) is 4.00. The van der Waals surface area contributed by atoms with Crippen LogP contribution in [-0.4, -0.2) is 18.5 Å². The molecule has 0 heterocycles. The van der Waals surface area contributed by atoms with E-state index >= 15 is 0 Å². The van der Waals surface area contributed by atoms with Crippen LogP contribution in [0.4, 0.5) is 0 Å². The van der Waals surface area contributed by atoms with E-state index in [1.165, 1.54) is 13.2 Å². The maximum absolute atomic E-state index is 10.6. The monoisotopic (exact) mass is 200 g/mol. The van der Waals surface area contributed by atoms with Crippen LogP contribution in [0.5, 0.6) is 11.5 Å². The van der Waals surface area contributed by atoms with Crippen LogP contribution in [0.15, 0.2) is 6.07 Å². The molecule has 1 aromatic rings. The molecule has 0 saturated heterocycles. The zero-order chi connectivity index (χ0) is 10.0. The van der Waals surface area contributed by atoms with Gasteiger partial charge in [-0.1, -0.05) is 11.6 Å². The van der Waals surface area contributed by atoms with Gasteiger partial charge in [-0.3, -0.25) is 4.79 Å². The fourth-order valence-electron chi connectivity index (χ4n) is 1.11. The number of phenols is 1. The van der Waals surface area contributed by atoms with Gasteiger partial charge in [0.2, 0.25) is 0 Å². The van der Waals surface area contributed by atoms with Gasteiger partial charge in [-0.05, 0) is 13.0 Å². The predicted molar refractivity (Wildman–Crippen MR) is 49.8 cm³/mol. The van der Waals surface area contributed by atoms with Gasteiger partial charge in [0.25, 0.3) is 0 Å². The van der Waals surface area contributed by atoms with Crippen molar-refractivity contribution in [1.82, 2.24) is 0 Å². The normalized spacial score (nSPS) is 9.77. The Balaban J connectivity index is 3.50. The largest absolute Gasteiger partial charge is 0.507 e. The summed E-state index contributed by atoms with van der Waals surface area (Å²) in [5, 5.41) is 9.54. The molecule has 1 N–H and O–H groups in total. The average Bonchev–Trinajstić information content (AvgIpc) is 2.10. The van der Waals surface area contributed by atoms with Crippen molar-refractivity contribution >= 4 is 17.9 Å². The third-order valence-electron chi connectivity index (χ3n) is 1.81. The number of carbonyl (C=O) groups excluding carboxylic acids is 1. The van der Waals surface area contributed by atoms with Gasteiger partial charge in [-0.25, -0.2) is 0 Å². The SMILES string of the molecule is COc1c(C)c(O)cc(Cl)c1C=O. The van der Waals surface area contributed by atoms with Crippen LogP contribution in [-0.2, 0) is 0 Å². The lowest BCUT2D eigenvalue weighted by molar-refractivity contribution is 0.112. The van der Waals surface area contributed by atoms with E-state index in [4.69, 9.17) is 16.3 Å². The second-order valence-electron chi connectivity index (χ2n) is 2.57. The number of aldehydes is 1. The molecule has 0 bridgehead atoms. The fourth-order valence-corrected chi connectivity index (χ4v) is 1.34. The molecule has 0 aliphatic heterocycles. The minimum atomic E-state index is 0.0208. The molecule has 0 amide bonds. The molecule has 0 unspecified atom stereocenters. The van der Waals surface area contributed by atoms with Crippen LogP contribution in [0.25, 0.3) is 0 Å². The Labute approximate surface area is 80.9 Å². The van der Waals surface area contributed by atoms with Crippen molar-refractivity contribution in [3.8, 4) is 11.5 Å². The Bertz CT molecular complexity index is 347. The molecule has 13 heavy (non-hydrogen) atoms. The molecule has 0 atom stereocenters. The molecule has 0 aromatic heterocycles. The van der Waals surface area contributed by atoms with Crippen molar-refractivity contribution in [2.45, 2.75) is 6.92 Å². The number of halogens is 1. The first-order chi connectivity index (χ1) is 6.11. The molecular weight excluding hydrogens is 192 g/mol. The molecular formula is C9H9ClO3. The van der Waals surface area contributed by atoms with Crippen molar-refractivity contribution in [2.24, 2.45) is 0 Å². The zero-order valence-electron chi connectivity index (χ0n) is 7.30. The van der Waals surface area contributed by atoms with Crippen molar-refractivity contribution in [3.05, 3.63) is 22.2 Å². The first-order valence-electron chi connectivity index (χ1n) is 3.63. The number of phenolic OH excluding ortho intramolecular Hbond substituents is 1. The molecule has 0 aliphatic rings. The molecule has 0 aliphatic carbocycles. The van der Waals surface area contributed by atoms with Crippen molar-refractivity contribution in [3.63, 3.8) is 0 Å².